The summed E-state index contributed by atoms with van der Waals surface area (Å²) in [5.74, 6) is 0.0969. The van der Waals surface area contributed by atoms with Crippen LogP contribution in [-0.4, -0.2) is 30.0 Å². The van der Waals surface area contributed by atoms with Gasteiger partial charge in [-0.15, -0.1) is 0 Å². The fraction of sp³-hybridized carbons (Fsp3) is 0.562. The fourth-order valence-corrected chi connectivity index (χ4v) is 2.94. The minimum atomic E-state index is -0.541. The van der Waals surface area contributed by atoms with Gasteiger partial charge in [-0.2, -0.15) is 0 Å². The lowest BCUT2D eigenvalue weighted by atomic mass is 9.93. The maximum absolute atomic E-state index is 11.8. The van der Waals surface area contributed by atoms with Gasteiger partial charge in [-0.3, -0.25) is 0 Å². The third kappa shape index (κ3) is 3.86. The summed E-state index contributed by atoms with van der Waals surface area (Å²) in [6.45, 7) is 5.90. The third-order valence-corrected chi connectivity index (χ3v) is 4.63. The molecule has 0 saturated heterocycles. The Morgan fingerprint density at radius 2 is 2.09 bits per heavy atom. The van der Waals surface area contributed by atoms with Crippen molar-refractivity contribution in [2.45, 2.75) is 38.2 Å². The summed E-state index contributed by atoms with van der Waals surface area (Å²) < 4.78 is 5.25. The van der Waals surface area contributed by atoms with Crippen LogP contribution >= 0.6 is 23.2 Å². The van der Waals surface area contributed by atoms with Crippen LogP contribution < -0.4 is 5.32 Å². The number of amides is 1. The van der Waals surface area contributed by atoms with Gasteiger partial charge in [0.1, 0.15) is 5.60 Å². The quantitative estimate of drug-likeness (QED) is 0.873. The topological polar surface area (TPSA) is 58.6 Å². The first-order valence-electron chi connectivity index (χ1n) is 7.21. The molecular formula is C16H21Cl2NO3. The van der Waals surface area contributed by atoms with Crippen LogP contribution in [0.5, 0.6) is 0 Å². The van der Waals surface area contributed by atoms with Gasteiger partial charge in [-0.25, -0.2) is 4.79 Å². The summed E-state index contributed by atoms with van der Waals surface area (Å²) in [5, 5.41) is 13.2. The van der Waals surface area contributed by atoms with Gasteiger partial charge in [0.2, 0.25) is 0 Å². The van der Waals surface area contributed by atoms with E-state index in [-0.39, 0.29) is 17.9 Å². The lowest BCUT2D eigenvalue weighted by Crippen LogP contribution is -2.37. The summed E-state index contributed by atoms with van der Waals surface area (Å²) in [7, 11) is 0. The molecule has 0 aliphatic heterocycles. The van der Waals surface area contributed by atoms with E-state index >= 15 is 0 Å². The Morgan fingerprint density at radius 1 is 1.41 bits per heavy atom. The number of benzene rings is 1. The van der Waals surface area contributed by atoms with E-state index in [0.29, 0.717) is 16.6 Å². The van der Waals surface area contributed by atoms with Crippen molar-refractivity contribution in [2.75, 3.05) is 13.2 Å². The Balaban J connectivity index is 2.10. The van der Waals surface area contributed by atoms with Gasteiger partial charge in [0, 0.05) is 18.6 Å². The van der Waals surface area contributed by atoms with Gasteiger partial charge < -0.3 is 15.2 Å². The normalized spacial score (nSPS) is 24.0. The van der Waals surface area contributed by atoms with Crippen LogP contribution in [0.2, 0.25) is 10.0 Å². The fourth-order valence-electron chi connectivity index (χ4n) is 2.64. The predicted molar refractivity (Wildman–Crippen MR) is 87.6 cm³/mol. The number of aliphatic hydroxyl groups excluding tert-OH is 1. The summed E-state index contributed by atoms with van der Waals surface area (Å²) >= 11 is 12.0. The first-order valence-corrected chi connectivity index (χ1v) is 7.97. The number of hydrogen-bond acceptors (Lipinski definition) is 3. The van der Waals surface area contributed by atoms with Crippen LogP contribution in [0.25, 0.3) is 0 Å². The molecule has 1 saturated carbocycles. The number of nitrogens with one attached hydrogen (secondary N) is 1. The van der Waals surface area contributed by atoms with Crippen molar-refractivity contribution in [3.05, 3.63) is 33.8 Å². The van der Waals surface area contributed by atoms with Gasteiger partial charge >= 0.3 is 6.09 Å². The van der Waals surface area contributed by atoms with Crippen LogP contribution in [0.4, 0.5) is 4.79 Å². The number of ether oxygens (including phenoxy) is 1. The van der Waals surface area contributed by atoms with Crippen molar-refractivity contribution in [3.8, 4) is 0 Å². The molecule has 1 aliphatic carbocycles. The molecule has 4 nitrogen and oxygen atoms in total. The minimum Gasteiger partial charge on any atom is -0.444 e. The zero-order valence-electron chi connectivity index (χ0n) is 13.0. The van der Waals surface area contributed by atoms with Gasteiger partial charge in [-0.1, -0.05) is 29.3 Å². The summed E-state index contributed by atoms with van der Waals surface area (Å²) in [6.07, 6.45) is 0.326. The molecule has 1 fully saturated rings. The average molecular weight is 346 g/mol. The minimum absolute atomic E-state index is 0.0657. The monoisotopic (exact) mass is 345 g/mol. The van der Waals surface area contributed by atoms with Crippen molar-refractivity contribution in [1.82, 2.24) is 5.32 Å². The van der Waals surface area contributed by atoms with Crippen molar-refractivity contribution in [1.29, 1.82) is 0 Å². The molecule has 1 aromatic rings. The predicted octanol–water partition coefficient (Wildman–Crippen LogP) is 3.77. The second-order valence-corrected chi connectivity index (χ2v) is 7.54. The van der Waals surface area contributed by atoms with Crippen LogP contribution in [0, 0.1) is 5.92 Å². The van der Waals surface area contributed by atoms with E-state index < -0.39 is 11.7 Å². The molecule has 0 radical (unpaired) electrons. The second kappa shape index (κ2) is 6.26. The largest absolute Gasteiger partial charge is 0.444 e. The molecular weight excluding hydrogens is 325 g/mol. The Bertz CT molecular complexity index is 571. The summed E-state index contributed by atoms with van der Waals surface area (Å²) in [4.78, 5) is 11.8. The molecule has 22 heavy (non-hydrogen) atoms. The van der Waals surface area contributed by atoms with Crippen molar-refractivity contribution in [3.63, 3.8) is 0 Å². The number of carbonyl (C=O) groups is 1. The molecule has 6 heteroatoms. The van der Waals surface area contributed by atoms with Crippen molar-refractivity contribution >= 4 is 29.3 Å². The smallest absolute Gasteiger partial charge is 0.407 e. The first-order chi connectivity index (χ1) is 10.2. The lowest BCUT2D eigenvalue weighted by molar-refractivity contribution is 0.0520. The molecule has 2 N–H and O–H groups in total. The van der Waals surface area contributed by atoms with E-state index in [9.17, 15) is 9.90 Å². The summed E-state index contributed by atoms with van der Waals surface area (Å²) in [5.41, 5.74) is 0.123. The molecule has 2 unspecified atom stereocenters. The highest BCUT2D eigenvalue weighted by atomic mass is 35.5. The van der Waals surface area contributed by atoms with Gasteiger partial charge in [-0.05, 0) is 50.8 Å². The van der Waals surface area contributed by atoms with Crippen LogP contribution in [0.1, 0.15) is 32.8 Å². The van der Waals surface area contributed by atoms with E-state index in [1.807, 2.05) is 26.8 Å². The third-order valence-electron chi connectivity index (χ3n) is 3.89. The number of alkyl carbamates (subject to hydrolysis) is 1. The number of halogens is 2. The number of rotatable bonds is 4. The molecule has 0 heterocycles. The maximum atomic E-state index is 11.8. The van der Waals surface area contributed by atoms with Crippen LogP contribution in [0.3, 0.4) is 0 Å². The van der Waals surface area contributed by atoms with Crippen molar-refractivity contribution in [2.24, 2.45) is 5.92 Å². The Morgan fingerprint density at radius 3 is 2.59 bits per heavy atom. The molecule has 122 valence electrons. The Hall–Kier alpha value is -0.970. The average Bonchev–Trinajstić information content (AvgIpc) is 3.13. The summed E-state index contributed by atoms with van der Waals surface area (Å²) in [6, 6.07) is 5.43. The molecule has 0 bridgehead atoms. The SMILES string of the molecule is CC(C)(C)OC(=O)NCC1(c2ccc(Cl)c(Cl)c2)CC1CO. The highest BCUT2D eigenvalue weighted by molar-refractivity contribution is 6.42. The number of aliphatic hydroxyl groups is 1. The Kier molecular flexibility index (Phi) is 4.95. The van der Waals surface area contributed by atoms with E-state index in [0.717, 1.165) is 12.0 Å². The van der Waals surface area contributed by atoms with E-state index in [2.05, 4.69) is 5.32 Å². The van der Waals surface area contributed by atoms with Gasteiger partial charge in [0.05, 0.1) is 10.0 Å². The zero-order chi connectivity index (χ0) is 16.5. The van der Waals surface area contributed by atoms with Crippen molar-refractivity contribution < 1.29 is 14.6 Å². The standard InChI is InChI=1S/C16H21Cl2NO3/c1-15(2,3)22-14(21)19-9-16(7-11(16)8-20)10-4-5-12(17)13(18)6-10/h4-6,11,20H,7-9H2,1-3H3,(H,19,21). The van der Waals surface area contributed by atoms with E-state index in [1.54, 1.807) is 12.1 Å². The van der Waals surface area contributed by atoms with E-state index in [1.165, 1.54) is 0 Å². The van der Waals surface area contributed by atoms with E-state index in [4.69, 9.17) is 27.9 Å². The highest BCUT2D eigenvalue weighted by Gasteiger charge is 2.55. The molecule has 2 rings (SSSR count). The Labute approximate surface area is 140 Å². The number of carbonyl (C=O) groups excluding carboxylic acids is 1. The van der Waals surface area contributed by atoms with Crippen LogP contribution in [-0.2, 0) is 10.2 Å². The molecule has 1 amide bonds. The van der Waals surface area contributed by atoms with Crippen LogP contribution in [0.15, 0.2) is 18.2 Å². The first kappa shape index (κ1) is 17.4. The zero-order valence-corrected chi connectivity index (χ0v) is 14.5. The maximum Gasteiger partial charge on any atom is 0.407 e. The molecule has 0 aromatic heterocycles. The highest BCUT2D eigenvalue weighted by Crippen LogP contribution is 2.54. The molecule has 1 aromatic carbocycles. The van der Waals surface area contributed by atoms with Gasteiger partial charge in [0.25, 0.3) is 0 Å². The molecule has 2 atom stereocenters. The lowest BCUT2D eigenvalue weighted by Gasteiger charge is -2.23. The van der Waals surface area contributed by atoms with Gasteiger partial charge in [0.15, 0.2) is 0 Å². The molecule has 0 spiro atoms. The second-order valence-electron chi connectivity index (χ2n) is 6.72. The molecule has 1 aliphatic rings. The number of hydrogen-bond donors (Lipinski definition) is 2.